The lowest BCUT2D eigenvalue weighted by Gasteiger charge is -2.50. The number of ether oxygens (including phenoxy) is 6. The van der Waals surface area contributed by atoms with E-state index in [1.54, 1.807) is 0 Å². The molecule has 66 heavy (non-hydrogen) atoms. The topological polar surface area (TPSA) is 158 Å². The molecule has 0 radical (unpaired) electrons. The van der Waals surface area contributed by atoms with Crippen LogP contribution in [-0.4, -0.2) is 69.4 Å². The molecule has 0 saturated heterocycles. The van der Waals surface area contributed by atoms with Gasteiger partial charge in [0, 0.05) is 33.4 Å². The van der Waals surface area contributed by atoms with E-state index in [4.69, 9.17) is 28.4 Å². The Labute approximate surface area is 388 Å². The summed E-state index contributed by atoms with van der Waals surface area (Å²) in [5, 5.41) is 0. The smallest absolute Gasteiger partial charge is 0.334 e. The molecule has 12 heteroatoms. The molecule has 354 valence electrons. The summed E-state index contributed by atoms with van der Waals surface area (Å²) in [6.45, 7) is 11.2. The molecule has 6 aliphatic heterocycles. The Morgan fingerprint density at radius 3 is 0.515 bits per heavy atom. The van der Waals surface area contributed by atoms with Crippen molar-refractivity contribution in [3.05, 3.63) is 66.9 Å². The fraction of sp³-hybridized carbons (Fsp3) is 0.667. The van der Waals surface area contributed by atoms with Gasteiger partial charge in [-0.25, -0.2) is 28.8 Å². The first-order valence-corrected chi connectivity index (χ1v) is 25.2. The van der Waals surface area contributed by atoms with Gasteiger partial charge in [-0.05, 0) is 229 Å². The molecule has 0 spiro atoms. The van der Waals surface area contributed by atoms with Gasteiger partial charge in [-0.15, -0.1) is 0 Å². The van der Waals surface area contributed by atoms with E-state index in [2.05, 4.69) is 0 Å². The lowest BCUT2D eigenvalue weighted by atomic mass is 9.62. The summed E-state index contributed by atoms with van der Waals surface area (Å²) in [5.41, 5.74) is 6.59. The Morgan fingerprint density at radius 1 is 0.242 bits per heavy atom. The molecule has 12 nitrogen and oxygen atoms in total. The largest absolute Gasteiger partial charge is 0.446 e. The zero-order valence-corrected chi connectivity index (χ0v) is 39.9. The van der Waals surface area contributed by atoms with Crippen LogP contribution >= 0.6 is 0 Å². The first-order valence-electron chi connectivity index (χ1n) is 25.2. The highest BCUT2D eigenvalue weighted by molar-refractivity contribution is 5.98. The van der Waals surface area contributed by atoms with Gasteiger partial charge in [0.1, 0.15) is 0 Å². The summed E-state index contributed by atoms with van der Waals surface area (Å²) in [6, 6.07) is 0. The molecule has 0 unspecified atom stereocenters. The Morgan fingerprint density at radius 2 is 0.379 bits per heavy atom. The zero-order chi connectivity index (χ0) is 46.6. The molecule has 12 aliphatic rings. The average Bonchev–Trinajstić information content (AvgIpc) is 4.09. The Balaban J connectivity index is 0.000000116. The van der Waals surface area contributed by atoms with Crippen molar-refractivity contribution in [3.8, 4) is 0 Å². The predicted octanol–water partition coefficient (Wildman–Crippen LogP) is 10.1. The minimum atomic E-state index is -0.727. The number of rotatable bonds is 3. The van der Waals surface area contributed by atoms with Gasteiger partial charge in [0.25, 0.3) is 0 Å². The minimum Gasteiger partial charge on any atom is -0.446 e. The average molecular weight is 907 g/mol. The zero-order valence-electron chi connectivity index (χ0n) is 39.9. The first-order chi connectivity index (χ1) is 31.6. The van der Waals surface area contributed by atoms with Crippen LogP contribution in [0, 0.1) is 0 Å². The van der Waals surface area contributed by atoms with Gasteiger partial charge in [-0.2, -0.15) is 0 Å². The fourth-order valence-corrected chi connectivity index (χ4v) is 15.1. The van der Waals surface area contributed by atoms with E-state index in [1.807, 2.05) is 41.5 Å². The summed E-state index contributed by atoms with van der Waals surface area (Å²) in [7, 11) is 0. The van der Waals surface area contributed by atoms with Crippen molar-refractivity contribution in [2.75, 3.05) is 0 Å². The fourth-order valence-electron chi connectivity index (χ4n) is 15.1. The second-order valence-corrected chi connectivity index (χ2v) is 21.2. The van der Waals surface area contributed by atoms with E-state index in [0.29, 0.717) is 0 Å². The van der Waals surface area contributed by atoms with Crippen LogP contribution in [0.4, 0.5) is 0 Å². The lowest BCUT2D eigenvalue weighted by molar-refractivity contribution is -0.189. The van der Waals surface area contributed by atoms with E-state index in [-0.39, 0.29) is 35.8 Å². The maximum atomic E-state index is 12.3. The second kappa shape index (κ2) is 15.9. The highest BCUT2D eigenvalue weighted by atomic mass is 16.6. The second-order valence-electron chi connectivity index (χ2n) is 21.2. The maximum absolute atomic E-state index is 12.3. The summed E-state index contributed by atoms with van der Waals surface area (Å²) >= 11 is 0. The van der Waals surface area contributed by atoms with Crippen LogP contribution in [0.2, 0.25) is 0 Å². The highest BCUT2D eigenvalue weighted by Gasteiger charge is 2.70. The summed E-state index contributed by atoms with van der Waals surface area (Å²) in [5.74, 6) is -1.35. The van der Waals surface area contributed by atoms with E-state index in [1.165, 1.54) is 0 Å². The summed E-state index contributed by atoms with van der Waals surface area (Å²) in [4.78, 5) is 73.8. The van der Waals surface area contributed by atoms with E-state index >= 15 is 0 Å². The van der Waals surface area contributed by atoms with Gasteiger partial charge in [0.05, 0.1) is 0 Å². The van der Waals surface area contributed by atoms with Crippen LogP contribution in [-0.2, 0) is 57.2 Å². The van der Waals surface area contributed by atoms with Crippen molar-refractivity contribution < 1.29 is 57.2 Å². The minimum absolute atomic E-state index is 0.225. The molecule has 0 aromatic heterocycles. The van der Waals surface area contributed by atoms with Crippen LogP contribution in [0.15, 0.2) is 66.9 Å². The molecule has 12 rings (SSSR count). The third kappa shape index (κ3) is 5.92. The number of hydrogen-bond acceptors (Lipinski definition) is 12. The Bertz CT molecular complexity index is 2020. The Kier molecular flexibility index (Phi) is 10.9. The molecular formula is C54H66O12. The van der Waals surface area contributed by atoms with E-state index < -0.39 is 33.6 Å². The molecule has 6 atom stereocenters. The third-order valence-electron chi connectivity index (χ3n) is 18.3. The van der Waals surface area contributed by atoms with Gasteiger partial charge in [-0.3, -0.25) is 0 Å². The quantitative estimate of drug-likeness (QED) is 0.195. The lowest BCUT2D eigenvalue weighted by Crippen LogP contribution is -2.59. The number of fused-ring (bicyclic) bond motifs is 9. The monoisotopic (exact) mass is 906 g/mol. The number of hydrogen-bond donors (Lipinski definition) is 0. The van der Waals surface area contributed by atoms with Crippen LogP contribution < -0.4 is 0 Å². The molecule has 0 amide bonds. The van der Waals surface area contributed by atoms with Crippen molar-refractivity contribution in [2.24, 2.45) is 0 Å². The van der Waals surface area contributed by atoms with E-state index in [9.17, 15) is 28.8 Å². The van der Waals surface area contributed by atoms with Crippen LogP contribution in [0.3, 0.4) is 0 Å². The maximum Gasteiger partial charge on any atom is 0.334 e. The van der Waals surface area contributed by atoms with Crippen molar-refractivity contribution in [1.82, 2.24) is 0 Å². The molecule has 6 heterocycles. The molecule has 0 aromatic rings. The normalized spacial score (nSPS) is 37.9. The van der Waals surface area contributed by atoms with Gasteiger partial charge in [0.15, 0.2) is 33.6 Å². The summed E-state index contributed by atoms with van der Waals surface area (Å²) in [6.07, 6.45) is 22.4. The number of carbonyl (C=O) groups is 6. The van der Waals surface area contributed by atoms with Crippen molar-refractivity contribution in [3.63, 3.8) is 0 Å². The van der Waals surface area contributed by atoms with Gasteiger partial charge >= 0.3 is 35.8 Å². The number of carbonyl (C=O) groups excluding carboxylic acids is 6. The van der Waals surface area contributed by atoms with Gasteiger partial charge in [-0.1, -0.05) is 0 Å². The molecule has 6 fully saturated rings. The predicted molar refractivity (Wildman–Crippen MR) is 240 cm³/mol. The number of esters is 6. The van der Waals surface area contributed by atoms with E-state index in [0.717, 1.165) is 221 Å². The molecule has 6 saturated carbocycles. The van der Waals surface area contributed by atoms with Crippen molar-refractivity contribution in [1.29, 1.82) is 0 Å². The van der Waals surface area contributed by atoms with Crippen molar-refractivity contribution in [2.45, 2.75) is 229 Å². The summed E-state index contributed by atoms with van der Waals surface area (Å²) < 4.78 is 35.9. The SMILES string of the molecule is CC1=C2CCCC[C@@]2([C@@]23CCCCC2=C(C)C(=O)O3)OC1=O.CC1=C2CCCC[C@@]2([C@@]23CCCCC2=C(C)C(=O)O3)OC1=O.CC1=C2CCCC[C@@]2([C@@]23CCCCC2=C(C)C(=O)O3)OC1=O. The Hall–Kier alpha value is -4.74. The van der Waals surface area contributed by atoms with Gasteiger partial charge < -0.3 is 28.4 Å². The molecular weight excluding hydrogens is 841 g/mol. The molecule has 6 aliphatic carbocycles. The first kappa shape index (κ1) is 45.1. The van der Waals surface area contributed by atoms with Crippen LogP contribution in [0.5, 0.6) is 0 Å². The third-order valence-corrected chi connectivity index (χ3v) is 18.3. The molecule has 0 aromatic carbocycles. The van der Waals surface area contributed by atoms with Crippen LogP contribution in [0.25, 0.3) is 0 Å². The molecule has 0 bridgehead atoms. The van der Waals surface area contributed by atoms with Crippen LogP contribution in [0.1, 0.15) is 196 Å². The van der Waals surface area contributed by atoms with Gasteiger partial charge in [0.2, 0.25) is 0 Å². The highest BCUT2D eigenvalue weighted by Crippen LogP contribution is 2.63. The van der Waals surface area contributed by atoms with Crippen molar-refractivity contribution >= 4 is 35.8 Å². The standard InChI is InChI=1S/3C18H22O4/c3*1-11-13-7-3-5-9-17(13,21-15(11)19)18-10-6-4-8-14(18)12(2)16(20)22-18/h3*3-10H2,1-2H3/t3*17-,18-/m111/s1. The molecule has 0 N–H and O–H groups in total.